The summed E-state index contributed by atoms with van der Waals surface area (Å²) in [6, 6.07) is 17.8. The number of fused-ring (bicyclic) bond motifs is 1. The van der Waals surface area contributed by atoms with Crippen LogP contribution in [0.4, 0.5) is 31.1 Å². The third kappa shape index (κ3) is 7.34. The van der Waals surface area contributed by atoms with Crippen molar-refractivity contribution in [3.05, 3.63) is 100 Å². The molecule has 2 heterocycles. The Hall–Kier alpha value is -4.39. The first-order chi connectivity index (χ1) is 20.4. The van der Waals surface area contributed by atoms with Crippen LogP contribution in [0.2, 0.25) is 0 Å². The molecule has 1 aliphatic heterocycles. The van der Waals surface area contributed by atoms with E-state index in [1.54, 1.807) is 24.3 Å². The Morgan fingerprint density at radius 3 is 2.14 bits per heavy atom. The van der Waals surface area contributed by atoms with E-state index in [1.807, 2.05) is 41.0 Å². The van der Waals surface area contributed by atoms with Crippen LogP contribution in [-0.4, -0.2) is 22.3 Å². The van der Waals surface area contributed by atoms with E-state index in [2.05, 4.69) is 5.32 Å². The lowest BCUT2D eigenvalue weighted by Crippen LogP contribution is -2.17. The summed E-state index contributed by atoms with van der Waals surface area (Å²) in [4.78, 5) is 24.0. The van der Waals surface area contributed by atoms with E-state index in [1.165, 1.54) is 0 Å². The smallest absolute Gasteiger partial charge is 0.416 e. The number of halogens is 6. The summed E-state index contributed by atoms with van der Waals surface area (Å²) in [6.07, 6.45) is -8.23. The normalized spacial score (nSPS) is 14.9. The lowest BCUT2D eigenvalue weighted by Gasteiger charge is -2.15. The SMILES string of the molecule is O=C1NC(=O)/C(=C\c2cc3cc(OCc4ccccc4)ccc3n2CCCOc2cc(C(F)(F)F)cc(C(F)(F)F)c2)S1. The van der Waals surface area contributed by atoms with Crippen molar-refractivity contribution in [3.8, 4) is 11.5 Å². The van der Waals surface area contributed by atoms with Crippen LogP contribution in [0.25, 0.3) is 17.0 Å². The number of aryl methyl sites for hydroxylation is 1. The Balaban J connectivity index is 1.36. The van der Waals surface area contributed by atoms with Crippen LogP contribution in [0, 0.1) is 0 Å². The molecular weight excluding hydrogens is 598 g/mol. The van der Waals surface area contributed by atoms with Crippen LogP contribution in [0.5, 0.6) is 11.5 Å². The van der Waals surface area contributed by atoms with Gasteiger partial charge in [0.1, 0.15) is 18.1 Å². The van der Waals surface area contributed by atoms with E-state index in [0.717, 1.165) is 28.2 Å². The molecule has 6 nitrogen and oxygen atoms in total. The molecule has 0 atom stereocenters. The fraction of sp³-hybridized carbons (Fsp3) is 0.200. The first-order valence-corrected chi connectivity index (χ1v) is 13.7. The molecule has 0 aliphatic carbocycles. The lowest BCUT2D eigenvalue weighted by molar-refractivity contribution is -0.143. The summed E-state index contributed by atoms with van der Waals surface area (Å²) in [5.41, 5.74) is -0.666. The maximum absolute atomic E-state index is 13.2. The molecule has 1 aliphatic rings. The number of amides is 2. The van der Waals surface area contributed by atoms with Crippen molar-refractivity contribution in [2.75, 3.05) is 6.61 Å². The minimum atomic E-state index is -4.98. The maximum Gasteiger partial charge on any atom is 0.416 e. The molecule has 3 aromatic carbocycles. The molecule has 224 valence electrons. The predicted molar refractivity (Wildman–Crippen MR) is 148 cm³/mol. The Kier molecular flexibility index (Phi) is 8.45. The van der Waals surface area contributed by atoms with Gasteiger partial charge in [-0.15, -0.1) is 0 Å². The Morgan fingerprint density at radius 1 is 0.814 bits per heavy atom. The summed E-state index contributed by atoms with van der Waals surface area (Å²) < 4.78 is 92.2. The average Bonchev–Trinajstić information content (AvgIpc) is 3.46. The molecule has 0 saturated carbocycles. The van der Waals surface area contributed by atoms with E-state index < -0.39 is 40.4 Å². The lowest BCUT2D eigenvalue weighted by atomic mass is 10.1. The van der Waals surface area contributed by atoms with Crippen molar-refractivity contribution in [1.29, 1.82) is 0 Å². The first kappa shape index (κ1) is 30.1. The number of benzene rings is 3. The number of thioether (sulfide) groups is 1. The largest absolute Gasteiger partial charge is 0.493 e. The predicted octanol–water partition coefficient (Wildman–Crippen LogP) is 8.05. The molecule has 13 heteroatoms. The fourth-order valence-electron chi connectivity index (χ4n) is 4.45. The van der Waals surface area contributed by atoms with Crippen molar-refractivity contribution in [2.45, 2.75) is 31.9 Å². The Labute approximate surface area is 245 Å². The highest BCUT2D eigenvalue weighted by Gasteiger charge is 2.37. The van der Waals surface area contributed by atoms with Crippen molar-refractivity contribution < 1.29 is 45.4 Å². The minimum Gasteiger partial charge on any atom is -0.493 e. The van der Waals surface area contributed by atoms with Crippen molar-refractivity contribution in [1.82, 2.24) is 9.88 Å². The quantitative estimate of drug-likeness (QED) is 0.117. The average molecular weight is 621 g/mol. The molecule has 5 rings (SSSR count). The fourth-order valence-corrected chi connectivity index (χ4v) is 5.11. The van der Waals surface area contributed by atoms with E-state index in [0.29, 0.717) is 30.2 Å². The highest BCUT2D eigenvalue weighted by atomic mass is 32.2. The number of hydrogen-bond acceptors (Lipinski definition) is 5. The zero-order valence-electron chi connectivity index (χ0n) is 22.1. The van der Waals surface area contributed by atoms with Gasteiger partial charge in [0.2, 0.25) is 0 Å². The van der Waals surface area contributed by atoms with Crippen LogP contribution in [0.3, 0.4) is 0 Å². The molecule has 0 unspecified atom stereocenters. The zero-order valence-corrected chi connectivity index (χ0v) is 22.9. The molecule has 0 spiro atoms. The summed E-state index contributed by atoms with van der Waals surface area (Å²) in [6.45, 7) is 0.379. The number of carbonyl (C=O) groups is 2. The van der Waals surface area contributed by atoms with Crippen LogP contribution < -0.4 is 14.8 Å². The molecule has 1 N–H and O–H groups in total. The molecule has 4 aromatic rings. The molecule has 0 bridgehead atoms. The van der Waals surface area contributed by atoms with Gasteiger partial charge in [-0.1, -0.05) is 30.3 Å². The number of imide groups is 1. The van der Waals surface area contributed by atoms with E-state index >= 15 is 0 Å². The molecule has 2 amide bonds. The summed E-state index contributed by atoms with van der Waals surface area (Å²) in [5.74, 6) is -0.518. The minimum absolute atomic E-state index is 0.0400. The van der Waals surface area contributed by atoms with Crippen LogP contribution >= 0.6 is 11.8 Å². The Morgan fingerprint density at radius 2 is 1.51 bits per heavy atom. The number of ether oxygens (including phenoxy) is 2. The number of alkyl halides is 6. The molecule has 1 aromatic heterocycles. The Bertz CT molecular complexity index is 1660. The van der Waals surface area contributed by atoms with Gasteiger partial charge in [-0.05, 0) is 72.3 Å². The highest BCUT2D eigenvalue weighted by molar-refractivity contribution is 8.18. The number of aromatic nitrogens is 1. The van der Waals surface area contributed by atoms with E-state index in [9.17, 15) is 35.9 Å². The van der Waals surface area contributed by atoms with Gasteiger partial charge in [0, 0.05) is 23.1 Å². The molecule has 0 radical (unpaired) electrons. The summed E-state index contributed by atoms with van der Waals surface area (Å²) in [5, 5.41) is 2.43. The number of rotatable bonds is 9. The van der Waals surface area contributed by atoms with Crippen LogP contribution in [0.1, 0.15) is 28.8 Å². The zero-order chi connectivity index (χ0) is 30.8. The maximum atomic E-state index is 13.2. The number of carbonyl (C=O) groups excluding carboxylic acids is 2. The second-order valence-corrected chi connectivity index (χ2v) is 10.5. The molecule has 43 heavy (non-hydrogen) atoms. The van der Waals surface area contributed by atoms with Gasteiger partial charge < -0.3 is 14.0 Å². The van der Waals surface area contributed by atoms with Gasteiger partial charge in [-0.3, -0.25) is 14.9 Å². The second kappa shape index (κ2) is 12.1. The van der Waals surface area contributed by atoms with Gasteiger partial charge in [0.05, 0.1) is 22.6 Å². The van der Waals surface area contributed by atoms with E-state index in [4.69, 9.17) is 9.47 Å². The monoisotopic (exact) mass is 620 g/mol. The van der Waals surface area contributed by atoms with Crippen molar-refractivity contribution in [2.24, 2.45) is 0 Å². The topological polar surface area (TPSA) is 69.6 Å². The van der Waals surface area contributed by atoms with Crippen molar-refractivity contribution in [3.63, 3.8) is 0 Å². The molecule has 1 fully saturated rings. The summed E-state index contributed by atoms with van der Waals surface area (Å²) >= 11 is 0.743. The third-order valence-corrected chi connectivity index (χ3v) is 7.24. The second-order valence-electron chi connectivity index (χ2n) is 9.51. The molecular formula is C30H22F6N2O4S. The van der Waals surface area contributed by atoms with E-state index in [-0.39, 0.29) is 30.5 Å². The number of nitrogens with one attached hydrogen (secondary N) is 1. The first-order valence-electron chi connectivity index (χ1n) is 12.8. The van der Waals surface area contributed by atoms with Gasteiger partial charge in [0.15, 0.2) is 0 Å². The standard InChI is InChI=1S/C30H22F6N2O4S/c31-29(32,33)20-13-21(30(34,35)36)15-24(14-20)41-10-4-9-38-22(16-26-27(39)37-28(40)43-26)11-19-12-23(7-8-25(19)38)42-17-18-5-2-1-3-6-18/h1-3,5-8,11-16H,4,9-10,17H2,(H,37,39,40)/b26-16+. The highest BCUT2D eigenvalue weighted by Crippen LogP contribution is 2.38. The third-order valence-electron chi connectivity index (χ3n) is 6.43. The van der Waals surface area contributed by atoms with Crippen molar-refractivity contribution >= 4 is 39.9 Å². The van der Waals surface area contributed by atoms with Gasteiger partial charge in [-0.2, -0.15) is 26.3 Å². The number of hydrogen-bond donors (Lipinski definition) is 1. The van der Waals surface area contributed by atoms with Crippen LogP contribution in [0.15, 0.2) is 77.7 Å². The van der Waals surface area contributed by atoms with Gasteiger partial charge in [0.25, 0.3) is 11.1 Å². The van der Waals surface area contributed by atoms with Crippen LogP contribution in [-0.2, 0) is 30.3 Å². The summed E-state index contributed by atoms with van der Waals surface area (Å²) in [7, 11) is 0. The molecule has 1 saturated heterocycles. The van der Waals surface area contributed by atoms with Gasteiger partial charge >= 0.3 is 12.4 Å². The number of nitrogens with zero attached hydrogens (tertiary/aromatic N) is 1. The van der Waals surface area contributed by atoms with Gasteiger partial charge in [-0.25, -0.2) is 0 Å².